The van der Waals surface area contributed by atoms with Crippen molar-refractivity contribution in [1.29, 1.82) is 0 Å². The van der Waals surface area contributed by atoms with Crippen LogP contribution in [-0.2, 0) is 16.6 Å². The third-order valence-electron chi connectivity index (χ3n) is 3.30. The average Bonchev–Trinajstić information content (AvgIpc) is 2.36. The number of benzene rings is 1. The zero-order chi connectivity index (χ0) is 14.6. The molecule has 0 spiro atoms. The summed E-state index contributed by atoms with van der Waals surface area (Å²) in [5.74, 6) is 0. The quantitative estimate of drug-likeness (QED) is 0.806. The molecule has 0 saturated carbocycles. The van der Waals surface area contributed by atoms with Gasteiger partial charge in [0.25, 0.3) is 0 Å². The number of likely N-dealkylation sites (N-methyl/N-ethyl adjacent to an activating group) is 1. The molecule has 1 atom stereocenters. The van der Waals surface area contributed by atoms with Gasteiger partial charge in [-0.05, 0) is 51.2 Å². The average molecular weight is 285 g/mol. The van der Waals surface area contributed by atoms with Crippen molar-refractivity contribution >= 4 is 10.0 Å². The summed E-state index contributed by atoms with van der Waals surface area (Å²) < 4.78 is 27.0. The topological polar surface area (TPSA) is 75.4 Å². The number of hydrogen-bond donors (Lipinski definition) is 2. The van der Waals surface area contributed by atoms with Gasteiger partial charge < -0.3 is 10.6 Å². The van der Waals surface area contributed by atoms with E-state index in [0.29, 0.717) is 13.1 Å². The molecule has 0 heterocycles. The van der Waals surface area contributed by atoms with Crippen LogP contribution in [0.25, 0.3) is 0 Å². The molecule has 0 amide bonds. The Kier molecular flexibility index (Phi) is 5.49. The zero-order valence-corrected chi connectivity index (χ0v) is 12.8. The van der Waals surface area contributed by atoms with Crippen molar-refractivity contribution in [3.63, 3.8) is 0 Å². The highest BCUT2D eigenvalue weighted by Crippen LogP contribution is 2.15. The Bertz CT molecular complexity index is 527. The molecule has 1 aromatic carbocycles. The highest BCUT2D eigenvalue weighted by Gasteiger charge is 2.16. The Morgan fingerprint density at radius 3 is 2.53 bits per heavy atom. The largest absolute Gasteiger partial charge is 0.326 e. The van der Waals surface area contributed by atoms with Crippen molar-refractivity contribution < 1.29 is 8.42 Å². The van der Waals surface area contributed by atoms with E-state index in [4.69, 9.17) is 5.73 Å². The number of nitrogens with zero attached hydrogens (tertiary/aromatic N) is 1. The molecular weight excluding hydrogens is 262 g/mol. The maximum absolute atomic E-state index is 12.2. The lowest BCUT2D eigenvalue weighted by atomic mass is 10.1. The SMILES string of the molecule is Cc1ccc(S(=O)(=O)NCC(C)N(C)C)cc1CN. The van der Waals surface area contributed by atoms with Crippen LogP contribution in [0.5, 0.6) is 0 Å². The van der Waals surface area contributed by atoms with Crippen molar-refractivity contribution in [2.45, 2.75) is 31.3 Å². The van der Waals surface area contributed by atoms with E-state index in [9.17, 15) is 8.42 Å². The third kappa shape index (κ3) is 4.28. The van der Waals surface area contributed by atoms with Crippen LogP contribution in [0.2, 0.25) is 0 Å². The summed E-state index contributed by atoms with van der Waals surface area (Å²) in [5, 5.41) is 0. The van der Waals surface area contributed by atoms with Crippen LogP contribution in [-0.4, -0.2) is 40.0 Å². The maximum Gasteiger partial charge on any atom is 0.240 e. The van der Waals surface area contributed by atoms with Gasteiger partial charge in [0.1, 0.15) is 0 Å². The predicted octanol–water partition coefficient (Wildman–Crippen LogP) is 0.682. The van der Waals surface area contributed by atoms with E-state index >= 15 is 0 Å². The molecule has 108 valence electrons. The smallest absolute Gasteiger partial charge is 0.240 e. The van der Waals surface area contributed by atoms with E-state index in [0.717, 1.165) is 11.1 Å². The summed E-state index contributed by atoms with van der Waals surface area (Å²) in [6, 6.07) is 5.16. The fraction of sp³-hybridized carbons (Fsp3) is 0.538. The fourth-order valence-corrected chi connectivity index (χ4v) is 2.70. The molecule has 0 fully saturated rings. The van der Waals surface area contributed by atoms with E-state index in [1.54, 1.807) is 18.2 Å². The normalized spacial score (nSPS) is 13.8. The molecule has 0 bridgehead atoms. The van der Waals surface area contributed by atoms with Crippen molar-refractivity contribution in [1.82, 2.24) is 9.62 Å². The van der Waals surface area contributed by atoms with Crippen LogP contribution in [0.3, 0.4) is 0 Å². The molecule has 0 radical (unpaired) electrons. The van der Waals surface area contributed by atoms with Crippen LogP contribution in [0, 0.1) is 6.92 Å². The maximum atomic E-state index is 12.2. The lowest BCUT2D eigenvalue weighted by molar-refractivity contribution is 0.314. The third-order valence-corrected chi connectivity index (χ3v) is 4.72. The molecule has 1 rings (SSSR count). The molecule has 1 unspecified atom stereocenters. The van der Waals surface area contributed by atoms with Gasteiger partial charge in [0.05, 0.1) is 4.90 Å². The first kappa shape index (κ1) is 16.1. The summed E-state index contributed by atoms with van der Waals surface area (Å²) in [6.07, 6.45) is 0. The minimum absolute atomic E-state index is 0.134. The van der Waals surface area contributed by atoms with Gasteiger partial charge in [-0.2, -0.15) is 0 Å². The van der Waals surface area contributed by atoms with E-state index in [-0.39, 0.29) is 10.9 Å². The summed E-state index contributed by atoms with van der Waals surface area (Å²) in [6.45, 7) is 4.59. The van der Waals surface area contributed by atoms with E-state index in [1.807, 2.05) is 32.8 Å². The number of rotatable bonds is 6. The van der Waals surface area contributed by atoms with Crippen LogP contribution >= 0.6 is 0 Å². The Morgan fingerprint density at radius 1 is 1.37 bits per heavy atom. The number of sulfonamides is 1. The van der Waals surface area contributed by atoms with Crippen molar-refractivity contribution in [2.75, 3.05) is 20.6 Å². The number of nitrogens with one attached hydrogen (secondary N) is 1. The molecule has 0 aliphatic heterocycles. The summed E-state index contributed by atoms with van der Waals surface area (Å²) in [7, 11) is 0.358. The second-order valence-electron chi connectivity index (χ2n) is 4.96. The van der Waals surface area contributed by atoms with E-state index in [2.05, 4.69) is 4.72 Å². The summed E-state index contributed by atoms with van der Waals surface area (Å²) in [5.41, 5.74) is 7.46. The Labute approximate surface area is 115 Å². The lowest BCUT2D eigenvalue weighted by Gasteiger charge is -2.20. The first-order valence-corrected chi connectivity index (χ1v) is 7.72. The first-order valence-electron chi connectivity index (χ1n) is 6.23. The van der Waals surface area contributed by atoms with Crippen LogP contribution in [0.1, 0.15) is 18.1 Å². The second-order valence-corrected chi connectivity index (χ2v) is 6.72. The van der Waals surface area contributed by atoms with Gasteiger partial charge in [-0.25, -0.2) is 13.1 Å². The van der Waals surface area contributed by atoms with Gasteiger partial charge in [0, 0.05) is 19.1 Å². The highest BCUT2D eigenvalue weighted by atomic mass is 32.2. The number of aryl methyl sites for hydroxylation is 1. The summed E-state index contributed by atoms with van der Waals surface area (Å²) >= 11 is 0. The minimum Gasteiger partial charge on any atom is -0.326 e. The van der Waals surface area contributed by atoms with Gasteiger partial charge in [-0.3, -0.25) is 0 Å². The van der Waals surface area contributed by atoms with Crippen LogP contribution in [0.4, 0.5) is 0 Å². The second kappa shape index (κ2) is 6.47. The standard InChI is InChI=1S/C13H23N3O2S/c1-10-5-6-13(7-12(10)8-14)19(17,18)15-9-11(2)16(3)4/h5-7,11,15H,8-9,14H2,1-4H3. The Hall–Kier alpha value is -0.950. The molecule has 0 aliphatic carbocycles. The predicted molar refractivity (Wildman–Crippen MR) is 77.4 cm³/mol. The number of nitrogens with two attached hydrogens (primary N) is 1. The van der Waals surface area contributed by atoms with Crippen molar-refractivity contribution in [3.05, 3.63) is 29.3 Å². The van der Waals surface area contributed by atoms with E-state index in [1.165, 1.54) is 0 Å². The molecule has 6 heteroatoms. The Morgan fingerprint density at radius 2 is 2.00 bits per heavy atom. The molecule has 1 aromatic rings. The van der Waals surface area contributed by atoms with Crippen LogP contribution in [0.15, 0.2) is 23.1 Å². The molecule has 19 heavy (non-hydrogen) atoms. The number of hydrogen-bond acceptors (Lipinski definition) is 4. The molecular formula is C13H23N3O2S. The molecule has 5 nitrogen and oxygen atoms in total. The Balaban J connectivity index is 2.89. The lowest BCUT2D eigenvalue weighted by Crippen LogP contribution is -2.38. The summed E-state index contributed by atoms with van der Waals surface area (Å²) in [4.78, 5) is 2.23. The molecule has 3 N–H and O–H groups in total. The van der Waals surface area contributed by atoms with Gasteiger partial charge >= 0.3 is 0 Å². The van der Waals surface area contributed by atoms with Gasteiger partial charge in [-0.1, -0.05) is 6.07 Å². The fourth-order valence-electron chi connectivity index (χ4n) is 1.53. The molecule has 0 saturated heterocycles. The van der Waals surface area contributed by atoms with Crippen molar-refractivity contribution in [2.24, 2.45) is 5.73 Å². The minimum atomic E-state index is -3.47. The molecule has 0 aliphatic rings. The monoisotopic (exact) mass is 285 g/mol. The van der Waals surface area contributed by atoms with Crippen molar-refractivity contribution in [3.8, 4) is 0 Å². The van der Waals surface area contributed by atoms with Crippen LogP contribution < -0.4 is 10.5 Å². The van der Waals surface area contributed by atoms with Gasteiger partial charge in [0.2, 0.25) is 10.0 Å². The first-order chi connectivity index (χ1) is 8.77. The van der Waals surface area contributed by atoms with Gasteiger partial charge in [-0.15, -0.1) is 0 Å². The highest BCUT2D eigenvalue weighted by molar-refractivity contribution is 7.89. The zero-order valence-electron chi connectivity index (χ0n) is 12.0. The van der Waals surface area contributed by atoms with E-state index < -0.39 is 10.0 Å². The van der Waals surface area contributed by atoms with Gasteiger partial charge in [0.15, 0.2) is 0 Å². The molecule has 0 aromatic heterocycles.